The topological polar surface area (TPSA) is 78.5 Å². The number of fused-ring (bicyclic) bond motifs is 1. The van der Waals surface area contributed by atoms with Crippen LogP contribution in [0.1, 0.15) is 58.9 Å². The van der Waals surface area contributed by atoms with Gasteiger partial charge in [-0.05, 0) is 60.8 Å². The molecule has 3 rings (SSSR count). The average molecular weight is 504 g/mol. The molecule has 2 N–H and O–H groups in total. The summed E-state index contributed by atoms with van der Waals surface area (Å²) < 4.78 is 66.0. The van der Waals surface area contributed by atoms with Crippen LogP contribution in [0.25, 0.3) is 0 Å². The number of hydrogen-bond acceptors (Lipinski definition) is 4. The highest BCUT2D eigenvalue weighted by Gasteiger charge is 2.47. The third kappa shape index (κ3) is 6.31. The zero-order valence-corrected chi connectivity index (χ0v) is 21.1. The lowest BCUT2D eigenvalue weighted by Crippen LogP contribution is -2.50. The number of nitrogens with zero attached hydrogens (tertiary/aromatic N) is 1. The number of carbonyl (C=O) groups excluding carboxylic acids is 1. The Balaban J connectivity index is 1.65. The maximum atomic E-state index is 13.1. The minimum absolute atomic E-state index is 0.00179. The van der Waals surface area contributed by atoms with E-state index < -0.39 is 21.8 Å². The minimum atomic E-state index is -4.52. The van der Waals surface area contributed by atoms with Crippen LogP contribution in [0.4, 0.5) is 13.2 Å². The fourth-order valence-corrected chi connectivity index (χ4v) is 6.43. The Labute approximate surface area is 200 Å². The van der Waals surface area contributed by atoms with Gasteiger partial charge in [0, 0.05) is 25.7 Å². The molecular formula is C24H36F3N3O3S. The highest BCUT2D eigenvalue weighted by Crippen LogP contribution is 2.40. The second-order valence-corrected chi connectivity index (χ2v) is 12.7. The molecule has 1 aliphatic carbocycles. The number of hydrogen-bond donors (Lipinski definition) is 2. The Kier molecular flexibility index (Phi) is 8.04. The first-order valence-electron chi connectivity index (χ1n) is 11.9. The molecule has 1 aliphatic heterocycles. The molecule has 0 unspecified atom stereocenters. The third-order valence-electron chi connectivity index (χ3n) is 6.74. The van der Waals surface area contributed by atoms with Crippen LogP contribution in [0.5, 0.6) is 0 Å². The van der Waals surface area contributed by atoms with Crippen molar-refractivity contribution < 1.29 is 26.4 Å². The molecule has 1 aromatic carbocycles. The van der Waals surface area contributed by atoms with E-state index in [4.69, 9.17) is 0 Å². The van der Waals surface area contributed by atoms with Gasteiger partial charge < -0.3 is 10.6 Å². The fourth-order valence-electron chi connectivity index (χ4n) is 4.89. The zero-order chi connectivity index (χ0) is 25.3. The van der Waals surface area contributed by atoms with Gasteiger partial charge in [0.15, 0.2) is 0 Å². The van der Waals surface area contributed by atoms with Crippen molar-refractivity contribution in [3.8, 4) is 0 Å². The van der Waals surface area contributed by atoms with Crippen molar-refractivity contribution in [3.63, 3.8) is 0 Å². The molecular weight excluding hydrogens is 467 g/mol. The molecule has 1 amide bonds. The number of carbonyl (C=O) groups is 1. The molecule has 2 aliphatic rings. The van der Waals surface area contributed by atoms with Gasteiger partial charge in [0.25, 0.3) is 0 Å². The summed E-state index contributed by atoms with van der Waals surface area (Å²) in [7, 11) is -3.90. The first-order valence-corrected chi connectivity index (χ1v) is 13.4. The van der Waals surface area contributed by atoms with Crippen molar-refractivity contribution in [2.45, 2.75) is 76.5 Å². The van der Waals surface area contributed by atoms with Crippen LogP contribution < -0.4 is 10.6 Å². The predicted molar refractivity (Wildman–Crippen MR) is 125 cm³/mol. The van der Waals surface area contributed by atoms with Crippen molar-refractivity contribution in [2.24, 2.45) is 17.3 Å². The molecule has 0 bridgehead atoms. The standard InChI is InChI=1S/C24H36F3N3O3S/c1-5-6-21(28-15-23(2,3)4)22(31)29-20-12-7-16-13-30(14-19(16)20)34(32,33)18-10-8-17(9-11-18)24(25,26)27/h8-11,16,19-21,28H,5-7,12-15H2,1-4H3,(H,29,31)/t16-,19+,20+,21-/m0/s1. The summed E-state index contributed by atoms with van der Waals surface area (Å²) in [5.74, 6) is 0.0699. The van der Waals surface area contributed by atoms with E-state index in [1.54, 1.807) is 0 Å². The van der Waals surface area contributed by atoms with Gasteiger partial charge in [-0.3, -0.25) is 4.79 Å². The SMILES string of the molecule is CCC[C@H](NCC(C)(C)C)C(=O)N[C@@H]1CC[C@H]2CN(S(=O)(=O)c3ccc(C(F)(F)F)cc3)C[C@H]21. The average Bonchev–Trinajstić information content (AvgIpc) is 3.32. The van der Waals surface area contributed by atoms with Gasteiger partial charge in [-0.15, -0.1) is 0 Å². The zero-order valence-electron chi connectivity index (χ0n) is 20.3. The van der Waals surface area contributed by atoms with Gasteiger partial charge in [0.1, 0.15) is 0 Å². The summed E-state index contributed by atoms with van der Waals surface area (Å²) in [6.45, 7) is 9.63. The maximum absolute atomic E-state index is 13.1. The maximum Gasteiger partial charge on any atom is 0.416 e. The molecule has 0 spiro atoms. The molecule has 1 saturated heterocycles. The van der Waals surface area contributed by atoms with Crippen LogP contribution >= 0.6 is 0 Å². The summed E-state index contributed by atoms with van der Waals surface area (Å²) >= 11 is 0. The normalized spacial score (nSPS) is 24.7. The Hall–Kier alpha value is -1.65. The van der Waals surface area contributed by atoms with Gasteiger partial charge in [0.05, 0.1) is 16.5 Å². The molecule has 2 fully saturated rings. The molecule has 1 aromatic rings. The minimum Gasteiger partial charge on any atom is -0.352 e. The van der Waals surface area contributed by atoms with E-state index in [-0.39, 0.29) is 46.7 Å². The van der Waals surface area contributed by atoms with Gasteiger partial charge in [-0.25, -0.2) is 8.42 Å². The smallest absolute Gasteiger partial charge is 0.352 e. The van der Waals surface area contributed by atoms with Crippen molar-refractivity contribution >= 4 is 15.9 Å². The third-order valence-corrected chi connectivity index (χ3v) is 8.59. The molecule has 6 nitrogen and oxygen atoms in total. The van der Waals surface area contributed by atoms with Crippen LogP contribution in [-0.2, 0) is 21.0 Å². The quantitative estimate of drug-likeness (QED) is 0.562. The van der Waals surface area contributed by atoms with Crippen molar-refractivity contribution in [3.05, 3.63) is 29.8 Å². The van der Waals surface area contributed by atoms with E-state index in [2.05, 4.69) is 31.4 Å². The molecule has 10 heteroatoms. The van der Waals surface area contributed by atoms with E-state index in [0.29, 0.717) is 13.1 Å². The molecule has 0 radical (unpaired) electrons. The number of rotatable bonds is 8. The number of halogens is 3. The van der Waals surface area contributed by atoms with Crippen molar-refractivity contribution in [2.75, 3.05) is 19.6 Å². The number of alkyl halides is 3. The van der Waals surface area contributed by atoms with Gasteiger partial charge in [-0.2, -0.15) is 17.5 Å². The van der Waals surface area contributed by atoms with Crippen LogP contribution in [0.3, 0.4) is 0 Å². The Bertz CT molecular complexity index is 958. The summed E-state index contributed by atoms with van der Waals surface area (Å²) in [4.78, 5) is 12.9. The van der Waals surface area contributed by atoms with E-state index in [1.165, 1.54) is 4.31 Å². The van der Waals surface area contributed by atoms with E-state index in [9.17, 15) is 26.4 Å². The van der Waals surface area contributed by atoms with Crippen LogP contribution in [0.2, 0.25) is 0 Å². The first-order chi connectivity index (χ1) is 15.7. The highest BCUT2D eigenvalue weighted by molar-refractivity contribution is 7.89. The number of amides is 1. The fraction of sp³-hybridized carbons (Fsp3) is 0.708. The number of nitrogens with one attached hydrogen (secondary N) is 2. The number of benzene rings is 1. The summed E-state index contributed by atoms with van der Waals surface area (Å²) in [6, 6.07) is 3.22. The molecule has 34 heavy (non-hydrogen) atoms. The first kappa shape index (κ1) is 26.9. The largest absolute Gasteiger partial charge is 0.416 e. The van der Waals surface area contributed by atoms with Crippen LogP contribution in [0, 0.1) is 17.3 Å². The van der Waals surface area contributed by atoms with Crippen molar-refractivity contribution in [1.82, 2.24) is 14.9 Å². The molecule has 1 saturated carbocycles. The lowest BCUT2D eigenvalue weighted by molar-refractivity contribution is -0.137. The van der Waals surface area contributed by atoms with Gasteiger partial charge in [-0.1, -0.05) is 34.1 Å². The molecule has 192 valence electrons. The van der Waals surface area contributed by atoms with Crippen LogP contribution in [-0.4, -0.2) is 50.3 Å². The second kappa shape index (κ2) is 10.1. The summed E-state index contributed by atoms with van der Waals surface area (Å²) in [5.41, 5.74) is -0.835. The highest BCUT2D eigenvalue weighted by atomic mass is 32.2. The van der Waals surface area contributed by atoms with E-state index in [1.807, 2.05) is 6.92 Å². The predicted octanol–water partition coefficient (Wildman–Crippen LogP) is 4.03. The molecule has 0 aromatic heterocycles. The van der Waals surface area contributed by atoms with Gasteiger partial charge >= 0.3 is 6.18 Å². The number of sulfonamides is 1. The lowest BCUT2D eigenvalue weighted by atomic mass is 9.95. The molecule has 4 atom stereocenters. The summed E-state index contributed by atoms with van der Waals surface area (Å²) in [6.07, 6.45) is -1.33. The Morgan fingerprint density at radius 1 is 1.12 bits per heavy atom. The Morgan fingerprint density at radius 2 is 1.76 bits per heavy atom. The summed E-state index contributed by atoms with van der Waals surface area (Å²) in [5, 5.41) is 6.52. The van der Waals surface area contributed by atoms with Gasteiger partial charge in [0.2, 0.25) is 15.9 Å². The van der Waals surface area contributed by atoms with E-state index in [0.717, 1.165) is 49.9 Å². The van der Waals surface area contributed by atoms with Crippen molar-refractivity contribution in [1.29, 1.82) is 0 Å². The van der Waals surface area contributed by atoms with Crippen LogP contribution in [0.15, 0.2) is 29.2 Å². The lowest BCUT2D eigenvalue weighted by Gasteiger charge is -2.27. The van der Waals surface area contributed by atoms with E-state index >= 15 is 0 Å². The Morgan fingerprint density at radius 3 is 2.32 bits per heavy atom. The monoisotopic (exact) mass is 503 g/mol. The second-order valence-electron chi connectivity index (χ2n) is 10.7. The molecule has 1 heterocycles.